The van der Waals surface area contributed by atoms with E-state index in [1.54, 1.807) is 6.07 Å². The first kappa shape index (κ1) is 59.2. The predicted octanol–water partition coefficient (Wildman–Crippen LogP) is 6.62. The normalized spacial score (nSPS) is 20.7. The summed E-state index contributed by atoms with van der Waals surface area (Å²) in [7, 11) is 8.25. The standard InChI is InChI=1S/C16H22N2O2.C11H15BrN2O.C11H17N3O.C6H11NO.C5H3Br2N.C4H7NO/c1-18-9-7-16(20,8-10-18)15-4-2-3-13(17-15)11-14(19)12-5-6-12;2*1-14-7-5-11(15,6-8-14)9-3-2-4-10(12)13-9;1-7-4-2-6(8)3-5-7;6-4-2-1-3-5(7)8-4;5-4(6)3-1-2-3/h2-4,12,20H,5-11H2,1H3;2-4,15H,5-8H2,1H3;2-4,15H,5-8H2,1H3,(H2,12,13);2-5H2,1H3;1-3H;3H,1-2H2,(H2,5,6). The van der Waals surface area contributed by atoms with Gasteiger partial charge in [0.15, 0.2) is 0 Å². The van der Waals surface area contributed by atoms with Gasteiger partial charge in [-0.3, -0.25) is 19.4 Å². The number of amides is 1. The van der Waals surface area contributed by atoms with Gasteiger partial charge in [0.2, 0.25) is 5.91 Å². The number of nitrogens with zero attached hydrogens (tertiary/aromatic N) is 8. The second-order valence-electron chi connectivity index (χ2n) is 20.0. The van der Waals surface area contributed by atoms with Gasteiger partial charge in [-0.15, -0.1) is 0 Å². The molecule has 72 heavy (non-hydrogen) atoms. The lowest BCUT2D eigenvalue weighted by Gasteiger charge is -2.36. The number of nitrogens with two attached hydrogens (primary N) is 2. The fraction of sp³-hybridized carbons (Fsp3) is 0.566. The second kappa shape index (κ2) is 28.3. The van der Waals surface area contributed by atoms with Crippen molar-refractivity contribution in [3.8, 4) is 0 Å². The Kier molecular flexibility index (Phi) is 23.3. The molecule has 4 aromatic rings. The molecule has 394 valence electrons. The smallest absolute Gasteiger partial charge is 0.220 e. The van der Waals surface area contributed by atoms with Crippen molar-refractivity contribution in [2.24, 2.45) is 17.6 Å². The number of piperidine rings is 4. The molecule has 0 aromatic carbocycles. The van der Waals surface area contributed by atoms with Gasteiger partial charge in [-0.1, -0.05) is 24.3 Å². The molecule has 0 bridgehead atoms. The summed E-state index contributed by atoms with van der Waals surface area (Å²) in [6, 6.07) is 22.5. The van der Waals surface area contributed by atoms with Gasteiger partial charge in [0, 0.05) is 89.2 Å². The van der Waals surface area contributed by atoms with Crippen LogP contribution in [-0.4, -0.2) is 153 Å². The Morgan fingerprint density at radius 2 is 0.903 bits per heavy atom. The summed E-state index contributed by atoms with van der Waals surface area (Å²) >= 11 is 9.77. The van der Waals surface area contributed by atoms with E-state index >= 15 is 0 Å². The number of pyridine rings is 4. The molecule has 0 atom stereocenters. The summed E-state index contributed by atoms with van der Waals surface area (Å²) < 4.78 is 2.49. The third-order valence-corrected chi connectivity index (χ3v) is 15.1. The number of ketones is 2. The number of carbonyl (C=O) groups is 3. The maximum atomic E-state index is 11.9. The number of hydrogen-bond donors (Lipinski definition) is 5. The summed E-state index contributed by atoms with van der Waals surface area (Å²) in [6.07, 6.45) is 10.4. The number of rotatable bonds is 7. The first-order valence-corrected chi connectivity index (χ1v) is 27.4. The van der Waals surface area contributed by atoms with Crippen molar-refractivity contribution in [3.63, 3.8) is 0 Å². The van der Waals surface area contributed by atoms with Gasteiger partial charge < -0.3 is 46.4 Å². The Balaban J connectivity index is 0.000000168. The maximum Gasteiger partial charge on any atom is 0.220 e. The van der Waals surface area contributed by atoms with E-state index in [2.05, 4.69) is 108 Å². The number of aromatic nitrogens is 4. The van der Waals surface area contributed by atoms with Gasteiger partial charge in [0.25, 0.3) is 0 Å². The van der Waals surface area contributed by atoms with Crippen molar-refractivity contribution < 1.29 is 29.7 Å². The van der Waals surface area contributed by atoms with Crippen molar-refractivity contribution in [2.45, 2.75) is 100 Å². The summed E-state index contributed by atoms with van der Waals surface area (Å²) in [5.74, 6) is 1.57. The minimum absolute atomic E-state index is 0.130. The SMILES string of the molecule is Brc1cccc(Br)n1.CN1CCC(=O)CC1.CN1CCC(O)(c2cccc(Br)n2)CC1.CN1CCC(O)(c2cccc(CC(=O)C3CC3)n2)CC1.CN1CCC(O)(c2cccc(N)n2)CC1.NC(=O)C1CC1. The Bertz CT molecular complexity index is 2250. The number of aliphatic hydroxyl groups is 3. The van der Waals surface area contributed by atoms with Gasteiger partial charge in [-0.25, -0.2) is 15.0 Å². The number of hydrogen-bond acceptors (Lipinski definition) is 15. The van der Waals surface area contributed by atoms with Crippen molar-refractivity contribution in [2.75, 3.05) is 86.3 Å². The number of anilines is 1. The maximum absolute atomic E-state index is 11.9. The Labute approximate surface area is 451 Å². The molecule has 10 rings (SSSR count). The van der Waals surface area contributed by atoms with Crippen molar-refractivity contribution in [1.82, 2.24) is 39.5 Å². The first-order valence-electron chi connectivity index (χ1n) is 25.0. The molecule has 8 heterocycles. The van der Waals surface area contributed by atoms with Crippen LogP contribution >= 0.6 is 47.8 Å². The average Bonchev–Trinajstić information content (AvgIpc) is 4.29. The molecule has 6 aliphatic rings. The molecule has 4 aromatic heterocycles. The van der Waals surface area contributed by atoms with Crippen LogP contribution in [0.2, 0.25) is 0 Å². The van der Waals surface area contributed by atoms with Crippen LogP contribution in [0.25, 0.3) is 0 Å². The third-order valence-electron chi connectivity index (χ3n) is 13.8. The molecule has 0 spiro atoms. The van der Waals surface area contributed by atoms with Crippen molar-refractivity contribution in [1.29, 1.82) is 0 Å². The number of Topliss-reactive ketones (excluding diaryl/α,β-unsaturated/α-hetero) is 2. The first-order chi connectivity index (χ1) is 34.1. The number of likely N-dealkylation sites (tertiary alicyclic amines) is 4. The fourth-order valence-electron chi connectivity index (χ4n) is 8.30. The van der Waals surface area contributed by atoms with E-state index in [0.29, 0.717) is 42.3 Å². The van der Waals surface area contributed by atoms with Gasteiger partial charge in [0.05, 0.1) is 17.1 Å². The van der Waals surface area contributed by atoms with Crippen LogP contribution in [0, 0.1) is 11.8 Å². The molecule has 1 amide bonds. The molecule has 0 radical (unpaired) electrons. The predicted molar refractivity (Wildman–Crippen MR) is 291 cm³/mol. The van der Waals surface area contributed by atoms with E-state index in [1.807, 2.05) is 73.8 Å². The van der Waals surface area contributed by atoms with Crippen molar-refractivity contribution >= 4 is 71.1 Å². The highest BCUT2D eigenvalue weighted by atomic mass is 79.9. The average molecular weight is 1190 g/mol. The van der Waals surface area contributed by atoms with E-state index in [4.69, 9.17) is 11.5 Å². The van der Waals surface area contributed by atoms with Crippen molar-refractivity contribution in [3.05, 3.63) is 109 Å². The lowest BCUT2D eigenvalue weighted by Crippen LogP contribution is -2.41. The van der Waals surface area contributed by atoms with E-state index in [1.165, 1.54) is 0 Å². The lowest BCUT2D eigenvalue weighted by atomic mass is 9.88. The molecule has 16 nitrogen and oxygen atoms in total. The molecule has 4 aliphatic heterocycles. The summed E-state index contributed by atoms with van der Waals surface area (Å²) in [5.41, 5.74) is 11.1. The van der Waals surface area contributed by atoms with Crippen LogP contribution < -0.4 is 11.5 Å². The molecule has 19 heteroatoms. The summed E-state index contributed by atoms with van der Waals surface area (Å²) in [4.78, 5) is 58.4. The van der Waals surface area contributed by atoms with Crippen LogP contribution in [0.15, 0.2) is 86.6 Å². The van der Waals surface area contributed by atoms with Gasteiger partial charge in [-0.2, -0.15) is 0 Å². The number of primary amides is 1. The molecule has 6 fully saturated rings. The largest absolute Gasteiger partial charge is 0.384 e. The Morgan fingerprint density at radius 3 is 1.25 bits per heavy atom. The molecular weight excluding hydrogens is 1110 g/mol. The molecule has 2 saturated carbocycles. The summed E-state index contributed by atoms with van der Waals surface area (Å²) in [5, 5.41) is 31.7. The number of halogens is 3. The molecule has 7 N–H and O–H groups in total. The number of carbonyl (C=O) groups excluding carboxylic acids is 3. The molecule has 0 unspecified atom stereocenters. The zero-order valence-electron chi connectivity index (χ0n) is 42.4. The van der Waals surface area contributed by atoms with Crippen LogP contribution in [0.5, 0.6) is 0 Å². The highest BCUT2D eigenvalue weighted by molar-refractivity contribution is 9.11. The van der Waals surface area contributed by atoms with E-state index in [9.17, 15) is 29.7 Å². The van der Waals surface area contributed by atoms with E-state index in [0.717, 1.165) is 147 Å². The van der Waals surface area contributed by atoms with E-state index in [-0.39, 0.29) is 17.7 Å². The topological polar surface area (TPSA) is 228 Å². The molecule has 4 saturated heterocycles. The minimum Gasteiger partial charge on any atom is -0.384 e. The Hall–Kier alpha value is -3.63. The minimum atomic E-state index is -0.828. The van der Waals surface area contributed by atoms with Gasteiger partial charge in [0.1, 0.15) is 48.0 Å². The second-order valence-corrected chi connectivity index (χ2v) is 22.5. The summed E-state index contributed by atoms with van der Waals surface area (Å²) in [6.45, 7) is 7.31. The quantitative estimate of drug-likeness (QED) is 0.123. The lowest BCUT2D eigenvalue weighted by molar-refractivity contribution is -0.121. The van der Waals surface area contributed by atoms with Crippen LogP contribution in [0.1, 0.15) is 99.8 Å². The number of nitrogen functional groups attached to an aromatic ring is 1. The third kappa shape index (κ3) is 20.2. The zero-order chi connectivity index (χ0) is 52.5. The highest BCUT2D eigenvalue weighted by Gasteiger charge is 2.37. The van der Waals surface area contributed by atoms with Gasteiger partial charge in [-0.05, 0) is 189 Å². The van der Waals surface area contributed by atoms with Crippen LogP contribution in [0.3, 0.4) is 0 Å². The zero-order valence-corrected chi connectivity index (χ0v) is 47.1. The Morgan fingerprint density at radius 1 is 0.542 bits per heavy atom. The fourth-order valence-corrected chi connectivity index (χ4v) is 9.57. The molecule has 2 aliphatic carbocycles. The van der Waals surface area contributed by atoms with Crippen LogP contribution in [-0.2, 0) is 37.6 Å². The monoisotopic (exact) mass is 1180 g/mol. The van der Waals surface area contributed by atoms with Crippen LogP contribution in [0.4, 0.5) is 5.82 Å². The van der Waals surface area contributed by atoms with E-state index < -0.39 is 16.8 Å². The highest BCUT2D eigenvalue weighted by Crippen LogP contribution is 2.35. The van der Waals surface area contributed by atoms with Gasteiger partial charge >= 0.3 is 0 Å². The molecular formula is C53H75Br3N10O6.